The minimum Gasteiger partial charge on any atom is -0.495 e. The number of ether oxygens (including phenoxy) is 2. The minimum atomic E-state index is -0.718. The highest BCUT2D eigenvalue weighted by atomic mass is 35.5. The lowest BCUT2D eigenvalue weighted by Gasteiger charge is -2.35. The Balaban J connectivity index is 0.000000906. The van der Waals surface area contributed by atoms with Gasteiger partial charge in [-0.3, -0.25) is 0 Å². The Labute approximate surface area is 268 Å². The summed E-state index contributed by atoms with van der Waals surface area (Å²) in [5.74, 6) is 0.706. The van der Waals surface area contributed by atoms with Gasteiger partial charge in [-0.2, -0.15) is 0 Å². The maximum absolute atomic E-state index is 12.9. The molecule has 0 fully saturated rings. The van der Waals surface area contributed by atoms with Gasteiger partial charge in [0.15, 0.2) is 5.75 Å². The smallest absolute Gasteiger partial charge is 0.343 e. The highest BCUT2D eigenvalue weighted by molar-refractivity contribution is 6.32. The lowest BCUT2D eigenvalue weighted by Crippen LogP contribution is -2.29. The van der Waals surface area contributed by atoms with Crippen LogP contribution < -0.4 is 9.47 Å². The number of hydrogen-bond acceptors (Lipinski definition) is 4. The topological polar surface area (TPSA) is 52.6 Å². The standard InChI is InChI=1S/C35H26Cl2O3.C3H6O/c1-21-17-24(19-30(36)32(21)39-3)35(28-15-9-7-13-26(28)27-14-8-10-16-29(27)35)25-18-22(2)33(31(37)20-25)40-34(38)23-11-5-4-6-12-23;1-3(2)4/h4-20H,1-3H3;1-2H3. The first-order valence-electron chi connectivity index (χ1n) is 14.2. The van der Waals surface area contributed by atoms with Crippen molar-refractivity contribution in [3.05, 3.63) is 152 Å². The zero-order valence-corrected chi connectivity index (χ0v) is 26.7. The van der Waals surface area contributed by atoms with E-state index >= 15 is 0 Å². The molecule has 0 spiro atoms. The van der Waals surface area contributed by atoms with Crippen molar-refractivity contribution in [1.82, 2.24) is 0 Å². The van der Waals surface area contributed by atoms with Gasteiger partial charge in [0.1, 0.15) is 11.5 Å². The number of carbonyl (C=O) groups is 2. The first-order chi connectivity index (χ1) is 21.1. The van der Waals surface area contributed by atoms with Gasteiger partial charge in [-0.05, 0) is 96.5 Å². The molecule has 0 atom stereocenters. The third-order valence-electron chi connectivity index (χ3n) is 7.69. The van der Waals surface area contributed by atoms with E-state index in [1.165, 1.54) is 13.8 Å². The lowest BCUT2D eigenvalue weighted by atomic mass is 9.67. The number of esters is 1. The van der Waals surface area contributed by atoms with Crippen molar-refractivity contribution in [2.24, 2.45) is 0 Å². The number of ketones is 1. The number of rotatable bonds is 5. The van der Waals surface area contributed by atoms with Gasteiger partial charge in [0.25, 0.3) is 0 Å². The molecule has 0 radical (unpaired) electrons. The summed E-state index contributed by atoms with van der Waals surface area (Å²) in [7, 11) is 1.63. The number of Topliss-reactive ketones (excluding diaryl/α,β-unsaturated/α-hetero) is 1. The summed E-state index contributed by atoms with van der Waals surface area (Å²) < 4.78 is 11.4. The van der Waals surface area contributed by atoms with Gasteiger partial charge in [0.2, 0.25) is 0 Å². The van der Waals surface area contributed by atoms with Crippen LogP contribution in [0.25, 0.3) is 11.1 Å². The van der Waals surface area contributed by atoms with Crippen molar-refractivity contribution in [3.8, 4) is 22.6 Å². The molecule has 1 aliphatic carbocycles. The number of halogens is 2. The molecule has 5 aromatic rings. The number of aryl methyl sites for hydroxylation is 2. The molecule has 0 saturated carbocycles. The number of hydrogen-bond donors (Lipinski definition) is 0. The Bertz CT molecular complexity index is 1780. The molecule has 0 aromatic heterocycles. The molecule has 0 unspecified atom stereocenters. The van der Waals surface area contributed by atoms with Crippen LogP contribution in [0.2, 0.25) is 10.0 Å². The van der Waals surface area contributed by atoms with Crippen molar-refractivity contribution in [1.29, 1.82) is 0 Å². The summed E-state index contributed by atoms with van der Waals surface area (Å²) in [6.07, 6.45) is 0. The maximum Gasteiger partial charge on any atom is 0.343 e. The van der Waals surface area contributed by atoms with Gasteiger partial charge < -0.3 is 14.3 Å². The average molecular weight is 624 g/mol. The van der Waals surface area contributed by atoms with Gasteiger partial charge in [-0.1, -0.05) is 102 Å². The highest BCUT2D eigenvalue weighted by Crippen LogP contribution is 2.57. The van der Waals surface area contributed by atoms with E-state index in [4.69, 9.17) is 32.7 Å². The van der Waals surface area contributed by atoms with Crippen LogP contribution in [-0.2, 0) is 10.2 Å². The Morgan fingerprint density at radius 2 is 1.07 bits per heavy atom. The largest absolute Gasteiger partial charge is 0.495 e. The van der Waals surface area contributed by atoms with Crippen molar-refractivity contribution < 1.29 is 19.1 Å². The predicted molar refractivity (Wildman–Crippen MR) is 178 cm³/mol. The van der Waals surface area contributed by atoms with Gasteiger partial charge in [0.05, 0.1) is 28.1 Å². The molecule has 6 rings (SSSR count). The molecule has 0 N–H and O–H groups in total. The summed E-state index contributed by atoms with van der Waals surface area (Å²) in [5.41, 5.74) is 7.93. The van der Waals surface area contributed by atoms with Crippen LogP contribution in [-0.4, -0.2) is 18.9 Å². The van der Waals surface area contributed by atoms with Crippen LogP contribution in [0.1, 0.15) is 57.6 Å². The maximum atomic E-state index is 12.9. The normalized spacial score (nSPS) is 12.3. The fourth-order valence-electron chi connectivity index (χ4n) is 6.03. The quantitative estimate of drug-likeness (QED) is 0.142. The van der Waals surface area contributed by atoms with Crippen LogP contribution in [0.5, 0.6) is 11.5 Å². The van der Waals surface area contributed by atoms with E-state index < -0.39 is 11.4 Å². The highest BCUT2D eigenvalue weighted by Gasteiger charge is 2.46. The molecule has 0 bridgehead atoms. The van der Waals surface area contributed by atoms with Gasteiger partial charge in [-0.15, -0.1) is 0 Å². The van der Waals surface area contributed by atoms with Crippen molar-refractivity contribution in [3.63, 3.8) is 0 Å². The molecule has 44 heavy (non-hydrogen) atoms. The fraction of sp³-hybridized carbons (Fsp3) is 0.158. The predicted octanol–water partition coefficient (Wildman–Crippen LogP) is 9.80. The van der Waals surface area contributed by atoms with E-state index in [1.807, 2.05) is 32.0 Å². The number of benzene rings is 5. The minimum absolute atomic E-state index is 0.167. The molecular formula is C38H32Cl2O4. The van der Waals surface area contributed by atoms with Crippen LogP contribution in [0.3, 0.4) is 0 Å². The first kappa shape index (κ1) is 31.1. The zero-order valence-electron chi connectivity index (χ0n) is 25.2. The molecule has 4 nitrogen and oxygen atoms in total. The third kappa shape index (κ3) is 5.52. The molecule has 5 aromatic carbocycles. The van der Waals surface area contributed by atoms with Crippen LogP contribution in [0.4, 0.5) is 0 Å². The molecule has 0 heterocycles. The van der Waals surface area contributed by atoms with E-state index in [1.54, 1.807) is 31.4 Å². The van der Waals surface area contributed by atoms with E-state index in [2.05, 4.69) is 60.7 Å². The molecule has 0 amide bonds. The Hall–Kier alpha value is -4.38. The lowest BCUT2D eigenvalue weighted by molar-refractivity contribution is -0.115. The van der Waals surface area contributed by atoms with Crippen LogP contribution in [0, 0.1) is 13.8 Å². The Kier molecular flexibility index (Phi) is 8.96. The summed E-state index contributed by atoms with van der Waals surface area (Å²) in [4.78, 5) is 22.3. The zero-order chi connectivity index (χ0) is 31.6. The van der Waals surface area contributed by atoms with Crippen molar-refractivity contribution >= 4 is 35.0 Å². The number of carbonyl (C=O) groups excluding carboxylic acids is 2. The van der Waals surface area contributed by atoms with Crippen molar-refractivity contribution in [2.45, 2.75) is 33.1 Å². The first-order valence-corrected chi connectivity index (χ1v) is 14.9. The average Bonchev–Trinajstić information content (AvgIpc) is 3.30. The van der Waals surface area contributed by atoms with E-state index in [9.17, 15) is 9.59 Å². The van der Waals surface area contributed by atoms with Gasteiger partial charge in [0, 0.05) is 0 Å². The molecular weight excluding hydrogens is 591 g/mol. The molecule has 0 saturated heterocycles. The van der Waals surface area contributed by atoms with Crippen molar-refractivity contribution in [2.75, 3.05) is 7.11 Å². The fourth-order valence-corrected chi connectivity index (χ4v) is 6.68. The van der Waals surface area contributed by atoms with Gasteiger partial charge >= 0.3 is 5.97 Å². The molecule has 0 aliphatic heterocycles. The summed E-state index contributed by atoms with van der Waals surface area (Å²) in [6, 6.07) is 33.8. The monoisotopic (exact) mass is 622 g/mol. The third-order valence-corrected chi connectivity index (χ3v) is 8.25. The van der Waals surface area contributed by atoms with Crippen LogP contribution >= 0.6 is 23.2 Å². The molecule has 222 valence electrons. The second kappa shape index (κ2) is 12.7. The summed E-state index contributed by atoms with van der Waals surface area (Å²) >= 11 is 13.7. The molecule has 6 heteroatoms. The Morgan fingerprint density at radius 1 is 0.636 bits per heavy atom. The summed E-state index contributed by atoms with van der Waals surface area (Å²) in [6.45, 7) is 6.97. The number of fused-ring (bicyclic) bond motifs is 3. The Morgan fingerprint density at radius 3 is 1.52 bits per heavy atom. The van der Waals surface area contributed by atoms with E-state index in [0.29, 0.717) is 27.1 Å². The van der Waals surface area contributed by atoms with Crippen LogP contribution in [0.15, 0.2) is 103 Å². The SMILES string of the molecule is CC(C)=O.COc1c(C)cc(C2(c3cc(C)c(OC(=O)c4ccccc4)c(Cl)c3)c3ccccc3-c3ccccc32)cc1Cl. The second-order valence-corrected chi connectivity index (χ2v) is 11.7. The number of methoxy groups -OCH3 is 1. The summed E-state index contributed by atoms with van der Waals surface area (Å²) in [5, 5.41) is 0.895. The molecule has 1 aliphatic rings. The van der Waals surface area contributed by atoms with E-state index in [-0.39, 0.29) is 5.78 Å². The second-order valence-electron chi connectivity index (χ2n) is 10.9. The van der Waals surface area contributed by atoms with E-state index in [0.717, 1.165) is 44.5 Å². The van der Waals surface area contributed by atoms with Gasteiger partial charge in [-0.25, -0.2) is 4.79 Å².